The predicted octanol–water partition coefficient (Wildman–Crippen LogP) is 0.199. The zero-order chi connectivity index (χ0) is 12.8. The number of aryl methyl sites for hydroxylation is 1. The molecule has 0 saturated carbocycles. The number of amides is 1. The van der Waals surface area contributed by atoms with Crippen molar-refractivity contribution in [3.8, 4) is 0 Å². The number of rotatable bonds is 3. The zero-order valence-corrected chi connectivity index (χ0v) is 10.4. The minimum atomic E-state index is -0.00740. The van der Waals surface area contributed by atoms with Gasteiger partial charge in [-0.15, -0.1) is 0 Å². The minimum Gasteiger partial charge on any atom is -0.396 e. The molecule has 5 nitrogen and oxygen atoms in total. The van der Waals surface area contributed by atoms with E-state index >= 15 is 0 Å². The molecule has 0 radical (unpaired) electrons. The number of ether oxygens (including phenoxy) is 1. The molecule has 0 unspecified atom stereocenters. The number of aliphatic hydroxyl groups is 1. The van der Waals surface area contributed by atoms with E-state index in [0.29, 0.717) is 26.3 Å². The molecule has 18 heavy (non-hydrogen) atoms. The quantitative estimate of drug-likeness (QED) is 0.781. The second-order valence-corrected chi connectivity index (χ2v) is 4.32. The maximum absolute atomic E-state index is 12.1. The molecular formula is C13H19N2O3+. The van der Waals surface area contributed by atoms with E-state index in [2.05, 4.69) is 0 Å². The summed E-state index contributed by atoms with van der Waals surface area (Å²) in [6, 6.07) is 3.84. The largest absolute Gasteiger partial charge is 0.498 e. The Morgan fingerprint density at radius 2 is 2.00 bits per heavy atom. The maximum atomic E-state index is 12.1. The lowest BCUT2D eigenvalue weighted by Gasteiger charge is -2.19. The monoisotopic (exact) mass is 251 g/mol. The first-order chi connectivity index (χ1) is 8.81. The Morgan fingerprint density at radius 3 is 2.61 bits per heavy atom. The molecule has 1 saturated heterocycles. The third-order valence-electron chi connectivity index (χ3n) is 3.02. The van der Waals surface area contributed by atoms with Crippen LogP contribution in [-0.4, -0.2) is 48.9 Å². The van der Waals surface area contributed by atoms with Crippen molar-refractivity contribution in [2.75, 3.05) is 32.9 Å². The number of hydrogen-bond acceptors (Lipinski definition) is 3. The summed E-state index contributed by atoms with van der Waals surface area (Å²) in [4.78, 5) is 13.9. The first-order valence-corrected chi connectivity index (χ1v) is 6.29. The maximum Gasteiger partial charge on any atom is 0.498 e. The number of aromatic nitrogens is 1. The Hall–Kier alpha value is -1.46. The van der Waals surface area contributed by atoms with Gasteiger partial charge in [-0.3, -0.25) is 0 Å². The van der Waals surface area contributed by atoms with Gasteiger partial charge < -0.3 is 9.84 Å². The van der Waals surface area contributed by atoms with Gasteiger partial charge in [0.05, 0.1) is 25.6 Å². The Kier molecular flexibility index (Phi) is 4.66. The van der Waals surface area contributed by atoms with E-state index in [1.807, 2.05) is 12.1 Å². The van der Waals surface area contributed by atoms with Crippen LogP contribution in [0.1, 0.15) is 12.0 Å². The average molecular weight is 251 g/mol. The summed E-state index contributed by atoms with van der Waals surface area (Å²) in [6.45, 7) is 2.72. The van der Waals surface area contributed by atoms with Crippen LogP contribution in [0.15, 0.2) is 24.5 Å². The topological polar surface area (TPSA) is 53.7 Å². The van der Waals surface area contributed by atoms with Crippen LogP contribution in [0.3, 0.4) is 0 Å². The smallest absolute Gasteiger partial charge is 0.396 e. The molecule has 1 aliphatic heterocycles. The fourth-order valence-electron chi connectivity index (χ4n) is 1.95. The summed E-state index contributed by atoms with van der Waals surface area (Å²) >= 11 is 0. The van der Waals surface area contributed by atoms with Crippen LogP contribution >= 0.6 is 0 Å². The van der Waals surface area contributed by atoms with Crippen molar-refractivity contribution in [3.05, 3.63) is 30.1 Å². The average Bonchev–Trinajstić information content (AvgIpc) is 2.46. The van der Waals surface area contributed by atoms with Gasteiger partial charge in [-0.1, -0.05) is 0 Å². The number of nitrogens with zero attached hydrogens (tertiary/aromatic N) is 2. The highest BCUT2D eigenvalue weighted by molar-refractivity contribution is 5.64. The van der Waals surface area contributed by atoms with Crippen LogP contribution in [-0.2, 0) is 11.2 Å². The van der Waals surface area contributed by atoms with Gasteiger partial charge in [0.25, 0.3) is 0 Å². The molecule has 1 aromatic rings. The van der Waals surface area contributed by atoms with Crippen molar-refractivity contribution < 1.29 is 19.2 Å². The summed E-state index contributed by atoms with van der Waals surface area (Å²) in [5.41, 5.74) is 1.13. The van der Waals surface area contributed by atoms with Crippen molar-refractivity contribution >= 4 is 6.03 Å². The van der Waals surface area contributed by atoms with E-state index in [-0.39, 0.29) is 12.6 Å². The molecule has 2 heterocycles. The molecule has 0 atom stereocenters. The lowest BCUT2D eigenvalue weighted by molar-refractivity contribution is -0.578. The Balaban J connectivity index is 1.97. The standard InChI is InChI=1S/C13H19N2O3/c16-9-1-2-12-3-5-14(6-4-12)13(17)15-7-10-18-11-8-15/h3-6,16H,1-2,7-11H2/q+1. The summed E-state index contributed by atoms with van der Waals surface area (Å²) in [7, 11) is 0. The van der Waals surface area contributed by atoms with Crippen LogP contribution in [0, 0.1) is 0 Å². The molecular weight excluding hydrogens is 232 g/mol. The van der Waals surface area contributed by atoms with Crippen molar-refractivity contribution in [3.63, 3.8) is 0 Å². The number of morpholine rings is 1. The van der Waals surface area contributed by atoms with Gasteiger partial charge in [0, 0.05) is 6.61 Å². The number of hydrogen-bond donors (Lipinski definition) is 1. The number of carbonyl (C=O) groups excluding carboxylic acids is 1. The normalized spacial score (nSPS) is 15.7. The third-order valence-corrected chi connectivity index (χ3v) is 3.02. The van der Waals surface area contributed by atoms with Crippen molar-refractivity contribution in [2.45, 2.75) is 12.8 Å². The van der Waals surface area contributed by atoms with E-state index in [0.717, 1.165) is 18.4 Å². The summed E-state index contributed by atoms with van der Waals surface area (Å²) in [5, 5.41) is 8.76. The highest BCUT2D eigenvalue weighted by atomic mass is 16.5. The van der Waals surface area contributed by atoms with E-state index < -0.39 is 0 Å². The van der Waals surface area contributed by atoms with Gasteiger partial charge in [-0.2, -0.15) is 9.36 Å². The molecule has 98 valence electrons. The first kappa shape index (κ1) is 13.0. The van der Waals surface area contributed by atoms with E-state index in [1.54, 1.807) is 21.9 Å². The number of carbonyl (C=O) groups is 1. The summed E-state index contributed by atoms with van der Waals surface area (Å²) < 4.78 is 6.81. The number of pyridine rings is 1. The lowest BCUT2D eigenvalue weighted by Crippen LogP contribution is -2.55. The highest BCUT2D eigenvalue weighted by Crippen LogP contribution is 2.01. The van der Waals surface area contributed by atoms with E-state index in [9.17, 15) is 4.79 Å². The fraction of sp³-hybridized carbons (Fsp3) is 0.538. The van der Waals surface area contributed by atoms with Crippen molar-refractivity contribution in [2.24, 2.45) is 0 Å². The molecule has 1 aliphatic rings. The third kappa shape index (κ3) is 3.27. The van der Waals surface area contributed by atoms with Crippen molar-refractivity contribution in [1.82, 2.24) is 4.90 Å². The molecule has 1 fully saturated rings. The van der Waals surface area contributed by atoms with Gasteiger partial charge in [0.15, 0.2) is 0 Å². The molecule has 2 rings (SSSR count). The van der Waals surface area contributed by atoms with E-state index in [4.69, 9.17) is 9.84 Å². The Morgan fingerprint density at radius 1 is 1.33 bits per heavy atom. The van der Waals surface area contributed by atoms with E-state index in [1.165, 1.54) is 0 Å². The summed E-state index contributed by atoms with van der Waals surface area (Å²) in [6.07, 6.45) is 5.15. The molecule has 0 spiro atoms. The predicted molar refractivity (Wildman–Crippen MR) is 65.2 cm³/mol. The molecule has 0 bridgehead atoms. The van der Waals surface area contributed by atoms with Gasteiger partial charge in [-0.05, 0) is 30.5 Å². The van der Waals surface area contributed by atoms with Crippen LogP contribution < -0.4 is 4.57 Å². The highest BCUT2D eigenvalue weighted by Gasteiger charge is 2.26. The second-order valence-electron chi connectivity index (χ2n) is 4.32. The minimum absolute atomic E-state index is 0.00740. The molecule has 0 aliphatic carbocycles. The molecule has 1 aromatic heterocycles. The van der Waals surface area contributed by atoms with Gasteiger partial charge in [0.1, 0.15) is 13.1 Å². The molecule has 1 amide bonds. The fourth-order valence-corrected chi connectivity index (χ4v) is 1.95. The Labute approximate surface area is 107 Å². The van der Waals surface area contributed by atoms with Gasteiger partial charge in [-0.25, -0.2) is 4.90 Å². The van der Waals surface area contributed by atoms with Gasteiger partial charge >= 0.3 is 6.03 Å². The lowest BCUT2D eigenvalue weighted by atomic mass is 10.1. The zero-order valence-electron chi connectivity index (χ0n) is 10.4. The van der Waals surface area contributed by atoms with Crippen LogP contribution in [0.2, 0.25) is 0 Å². The molecule has 0 aromatic carbocycles. The number of aliphatic hydroxyl groups excluding tert-OH is 1. The van der Waals surface area contributed by atoms with Crippen LogP contribution in [0.4, 0.5) is 4.79 Å². The first-order valence-electron chi connectivity index (χ1n) is 6.29. The molecule has 1 N–H and O–H groups in total. The Bertz CT molecular complexity index is 386. The summed E-state index contributed by atoms with van der Waals surface area (Å²) in [5.74, 6) is 0. The van der Waals surface area contributed by atoms with Crippen LogP contribution in [0.5, 0.6) is 0 Å². The van der Waals surface area contributed by atoms with Crippen LogP contribution in [0.25, 0.3) is 0 Å². The molecule has 5 heteroatoms. The second kappa shape index (κ2) is 6.47. The van der Waals surface area contributed by atoms with Gasteiger partial charge in [0.2, 0.25) is 0 Å². The SMILES string of the molecule is O=C(N1CCOCC1)[n+]1ccc(CCCO)cc1. The van der Waals surface area contributed by atoms with Crippen molar-refractivity contribution in [1.29, 1.82) is 0 Å².